The van der Waals surface area contributed by atoms with Crippen molar-refractivity contribution in [3.8, 4) is 11.5 Å². The van der Waals surface area contributed by atoms with Crippen LogP contribution in [-0.2, 0) is 6.61 Å². The van der Waals surface area contributed by atoms with Gasteiger partial charge in [0.25, 0.3) is 5.56 Å². The monoisotopic (exact) mass is 505 g/mol. The zero-order chi connectivity index (χ0) is 23.4. The Hall–Kier alpha value is -3.45. The second-order valence-corrected chi connectivity index (χ2v) is 8.51. The third kappa shape index (κ3) is 5.31. The zero-order valence-corrected chi connectivity index (χ0v) is 20.3. The van der Waals surface area contributed by atoms with Crippen molar-refractivity contribution < 1.29 is 9.47 Å². The maximum atomic E-state index is 12.9. The van der Waals surface area contributed by atoms with Gasteiger partial charge in [-0.3, -0.25) is 4.79 Å². The Morgan fingerprint density at radius 2 is 1.88 bits per heavy atom. The van der Waals surface area contributed by atoms with Crippen molar-refractivity contribution in [3.63, 3.8) is 0 Å². The van der Waals surface area contributed by atoms with Gasteiger partial charge in [0, 0.05) is 4.47 Å². The van der Waals surface area contributed by atoms with Gasteiger partial charge in [-0.15, -0.1) is 0 Å². The SMILES string of the molecule is CCOc1cc(C=Nn2c(C)nc3ccc(Br)cc3c2=O)ccc1OCc1cccc(C)c1. The van der Waals surface area contributed by atoms with E-state index >= 15 is 0 Å². The number of hydrogen-bond acceptors (Lipinski definition) is 5. The van der Waals surface area contributed by atoms with Gasteiger partial charge in [-0.2, -0.15) is 9.78 Å². The first-order valence-electron chi connectivity index (χ1n) is 10.6. The fraction of sp³-hybridized carbons (Fsp3) is 0.192. The van der Waals surface area contributed by atoms with E-state index in [-0.39, 0.29) is 5.56 Å². The minimum absolute atomic E-state index is 0.224. The number of ether oxygens (including phenoxy) is 2. The van der Waals surface area contributed by atoms with E-state index in [4.69, 9.17) is 9.47 Å². The minimum Gasteiger partial charge on any atom is -0.490 e. The first-order chi connectivity index (χ1) is 15.9. The van der Waals surface area contributed by atoms with Gasteiger partial charge in [0.2, 0.25) is 0 Å². The molecule has 7 heteroatoms. The minimum atomic E-state index is -0.224. The van der Waals surface area contributed by atoms with E-state index in [1.807, 2.05) is 49.4 Å². The summed E-state index contributed by atoms with van der Waals surface area (Å²) in [5, 5.41) is 4.90. The Bertz CT molecular complexity index is 1400. The molecule has 0 saturated carbocycles. The summed E-state index contributed by atoms with van der Waals surface area (Å²) in [7, 11) is 0. The molecule has 0 amide bonds. The molecule has 0 unspecified atom stereocenters. The molecule has 0 aliphatic carbocycles. The van der Waals surface area contributed by atoms with Crippen LogP contribution in [0.1, 0.15) is 29.4 Å². The molecule has 168 valence electrons. The molecule has 0 bridgehead atoms. The molecule has 0 spiro atoms. The molecule has 1 heterocycles. The van der Waals surface area contributed by atoms with Crippen LogP contribution < -0.4 is 15.0 Å². The third-order valence-corrected chi connectivity index (χ3v) is 5.53. The van der Waals surface area contributed by atoms with Crippen LogP contribution in [0.4, 0.5) is 0 Å². The van der Waals surface area contributed by atoms with Gasteiger partial charge in [0.05, 0.1) is 23.7 Å². The predicted molar refractivity (Wildman–Crippen MR) is 135 cm³/mol. The molecule has 33 heavy (non-hydrogen) atoms. The van der Waals surface area contributed by atoms with Crippen LogP contribution in [0.15, 0.2) is 75.0 Å². The van der Waals surface area contributed by atoms with Crippen molar-refractivity contribution >= 4 is 33.0 Å². The van der Waals surface area contributed by atoms with Crippen LogP contribution in [0.3, 0.4) is 0 Å². The van der Waals surface area contributed by atoms with Crippen LogP contribution in [-0.4, -0.2) is 22.5 Å². The van der Waals surface area contributed by atoms with Crippen molar-refractivity contribution in [1.29, 1.82) is 0 Å². The maximum absolute atomic E-state index is 12.9. The summed E-state index contributed by atoms with van der Waals surface area (Å²) >= 11 is 3.41. The standard InChI is InChI=1S/C26H24BrN3O3/c1-4-32-25-13-19(8-11-24(25)33-16-20-7-5-6-17(2)12-20)15-28-30-18(3)29-23-10-9-21(27)14-22(23)26(30)31/h5-15H,4,16H2,1-3H3. The van der Waals surface area contributed by atoms with Gasteiger partial charge >= 0.3 is 0 Å². The number of benzene rings is 3. The molecular formula is C26H24BrN3O3. The number of halogens is 1. The molecule has 0 saturated heterocycles. The van der Waals surface area contributed by atoms with Gasteiger partial charge in [-0.1, -0.05) is 45.8 Å². The number of hydrogen-bond donors (Lipinski definition) is 0. The van der Waals surface area contributed by atoms with Crippen LogP contribution in [0.2, 0.25) is 0 Å². The molecule has 3 aromatic carbocycles. The lowest BCUT2D eigenvalue weighted by atomic mass is 10.1. The topological polar surface area (TPSA) is 65.7 Å². The van der Waals surface area contributed by atoms with E-state index in [1.54, 1.807) is 19.2 Å². The lowest BCUT2D eigenvalue weighted by Gasteiger charge is -2.13. The second-order valence-electron chi connectivity index (χ2n) is 7.60. The molecule has 4 rings (SSSR count). The Morgan fingerprint density at radius 1 is 1.03 bits per heavy atom. The zero-order valence-electron chi connectivity index (χ0n) is 18.7. The van der Waals surface area contributed by atoms with E-state index in [2.05, 4.69) is 45.1 Å². The van der Waals surface area contributed by atoms with E-state index in [0.717, 1.165) is 15.6 Å². The predicted octanol–water partition coefficient (Wildman–Crippen LogP) is 5.64. The quantitative estimate of drug-likeness (QED) is 0.305. The van der Waals surface area contributed by atoms with E-state index < -0.39 is 0 Å². The summed E-state index contributed by atoms with van der Waals surface area (Å²) in [6, 6.07) is 19.2. The Kier molecular flexibility index (Phi) is 6.89. The lowest BCUT2D eigenvalue weighted by molar-refractivity contribution is 0.269. The van der Waals surface area contributed by atoms with Crippen molar-refractivity contribution in [2.45, 2.75) is 27.4 Å². The lowest BCUT2D eigenvalue weighted by Crippen LogP contribution is -2.20. The summed E-state index contributed by atoms with van der Waals surface area (Å²) in [6.07, 6.45) is 1.62. The molecule has 0 aliphatic heterocycles. The van der Waals surface area contributed by atoms with Crippen LogP contribution in [0.25, 0.3) is 10.9 Å². The molecule has 1 aromatic heterocycles. The highest BCUT2D eigenvalue weighted by atomic mass is 79.9. The Morgan fingerprint density at radius 3 is 2.67 bits per heavy atom. The third-order valence-electron chi connectivity index (χ3n) is 5.04. The number of nitrogens with zero attached hydrogens (tertiary/aromatic N) is 3. The van der Waals surface area contributed by atoms with Crippen LogP contribution >= 0.6 is 15.9 Å². The van der Waals surface area contributed by atoms with E-state index in [1.165, 1.54) is 10.2 Å². The maximum Gasteiger partial charge on any atom is 0.282 e. The number of aromatic nitrogens is 2. The van der Waals surface area contributed by atoms with Gasteiger partial charge in [-0.05, 0) is 68.3 Å². The molecule has 0 aliphatic rings. The second kappa shape index (κ2) is 10.0. The molecule has 4 aromatic rings. The van der Waals surface area contributed by atoms with Gasteiger partial charge in [0.1, 0.15) is 12.4 Å². The van der Waals surface area contributed by atoms with Crippen molar-refractivity contribution in [1.82, 2.24) is 9.66 Å². The first kappa shape index (κ1) is 22.7. The van der Waals surface area contributed by atoms with Crippen molar-refractivity contribution in [2.75, 3.05) is 6.61 Å². The average molecular weight is 506 g/mol. The summed E-state index contributed by atoms with van der Waals surface area (Å²) in [5.74, 6) is 1.79. The molecule has 6 nitrogen and oxygen atoms in total. The number of aryl methyl sites for hydroxylation is 2. The van der Waals surface area contributed by atoms with Crippen LogP contribution in [0, 0.1) is 13.8 Å². The number of fused-ring (bicyclic) bond motifs is 1. The highest BCUT2D eigenvalue weighted by Crippen LogP contribution is 2.29. The fourth-order valence-electron chi connectivity index (χ4n) is 3.48. The normalized spacial score (nSPS) is 11.3. The Labute approximate surface area is 200 Å². The molecular weight excluding hydrogens is 482 g/mol. The highest BCUT2D eigenvalue weighted by molar-refractivity contribution is 9.10. The van der Waals surface area contributed by atoms with Gasteiger partial charge in [-0.25, -0.2) is 4.98 Å². The summed E-state index contributed by atoms with van der Waals surface area (Å²) in [4.78, 5) is 17.4. The molecule has 0 fully saturated rings. The highest BCUT2D eigenvalue weighted by Gasteiger charge is 2.09. The summed E-state index contributed by atoms with van der Waals surface area (Å²) < 4.78 is 13.9. The van der Waals surface area contributed by atoms with Crippen molar-refractivity contribution in [2.24, 2.45) is 5.10 Å². The van der Waals surface area contributed by atoms with Gasteiger partial charge < -0.3 is 9.47 Å². The van der Waals surface area contributed by atoms with E-state index in [0.29, 0.717) is 41.4 Å². The van der Waals surface area contributed by atoms with E-state index in [9.17, 15) is 4.79 Å². The first-order valence-corrected chi connectivity index (χ1v) is 11.4. The van der Waals surface area contributed by atoms with Crippen molar-refractivity contribution in [3.05, 3.63) is 98.0 Å². The smallest absolute Gasteiger partial charge is 0.282 e. The fourth-order valence-corrected chi connectivity index (χ4v) is 3.84. The average Bonchev–Trinajstić information content (AvgIpc) is 2.79. The van der Waals surface area contributed by atoms with Crippen LogP contribution in [0.5, 0.6) is 11.5 Å². The van der Waals surface area contributed by atoms with Gasteiger partial charge in [0.15, 0.2) is 11.5 Å². The largest absolute Gasteiger partial charge is 0.490 e. The number of rotatable bonds is 7. The Balaban J connectivity index is 1.60. The summed E-state index contributed by atoms with van der Waals surface area (Å²) in [5.41, 5.74) is 3.48. The molecule has 0 radical (unpaired) electrons. The molecule has 0 N–H and O–H groups in total. The molecule has 0 atom stereocenters. The summed E-state index contributed by atoms with van der Waals surface area (Å²) in [6.45, 7) is 6.69.